The molecule has 0 aliphatic carbocycles. The van der Waals surface area contributed by atoms with E-state index in [1.54, 1.807) is 31.2 Å². The molecular weight excluding hydrogens is 449 g/mol. The maximum atomic E-state index is 14.0. The van der Waals surface area contributed by atoms with E-state index in [0.717, 1.165) is 24.0 Å². The summed E-state index contributed by atoms with van der Waals surface area (Å²) in [4.78, 5) is 44.8. The van der Waals surface area contributed by atoms with Crippen molar-refractivity contribution in [1.82, 2.24) is 4.90 Å². The molecule has 3 saturated heterocycles. The van der Waals surface area contributed by atoms with Crippen LogP contribution in [0.4, 0.5) is 11.4 Å². The van der Waals surface area contributed by atoms with Gasteiger partial charge in [-0.2, -0.15) is 0 Å². The second-order valence-corrected chi connectivity index (χ2v) is 9.93. The molecule has 0 saturated carbocycles. The van der Waals surface area contributed by atoms with Gasteiger partial charge in [0.05, 0.1) is 23.2 Å². The minimum atomic E-state index is -1.20. The van der Waals surface area contributed by atoms with Crippen LogP contribution >= 0.6 is 23.2 Å². The number of fused-ring (bicyclic) bond motifs is 7. The molecule has 2 aromatic carbocycles. The number of rotatable bonds is 1. The zero-order chi connectivity index (χ0) is 22.5. The first kappa shape index (κ1) is 20.2. The van der Waals surface area contributed by atoms with E-state index in [1.165, 1.54) is 4.90 Å². The Labute approximate surface area is 195 Å². The van der Waals surface area contributed by atoms with Crippen LogP contribution in [0, 0.1) is 25.7 Å². The number of carbonyl (C=O) groups is 3. The van der Waals surface area contributed by atoms with E-state index in [1.807, 2.05) is 13.0 Å². The van der Waals surface area contributed by atoms with E-state index >= 15 is 0 Å². The molecule has 1 spiro atoms. The normalized spacial score (nSPS) is 30.8. The minimum absolute atomic E-state index is 0.159. The van der Waals surface area contributed by atoms with Crippen molar-refractivity contribution in [3.8, 4) is 0 Å². The molecule has 6 nitrogen and oxygen atoms in total. The maximum Gasteiger partial charge on any atom is 0.250 e. The lowest BCUT2D eigenvalue weighted by atomic mass is 9.75. The molecule has 3 fully saturated rings. The molecule has 4 aliphatic heterocycles. The fourth-order valence-corrected chi connectivity index (χ4v) is 6.79. The van der Waals surface area contributed by atoms with Gasteiger partial charge in [-0.05, 0) is 62.6 Å². The summed E-state index contributed by atoms with van der Waals surface area (Å²) in [5, 5.41) is 4.05. The second-order valence-electron chi connectivity index (χ2n) is 9.12. The fourth-order valence-electron chi connectivity index (χ4n) is 6.47. The van der Waals surface area contributed by atoms with Crippen molar-refractivity contribution in [2.75, 3.05) is 16.8 Å². The van der Waals surface area contributed by atoms with Crippen LogP contribution in [0.3, 0.4) is 0 Å². The lowest BCUT2D eigenvalue weighted by molar-refractivity contribution is -0.135. The summed E-state index contributed by atoms with van der Waals surface area (Å²) < 4.78 is 0. The standard InChI is InChI=1S/C24H21Cl2N3O3/c1-11-14(25)5-3-6-16(11)29-21(30)18-17-7-4-10-28(17)24(19(18)22(29)31)13-8-9-15(26)12(2)20(13)27-23(24)32/h3,5-6,8-9,17-19H,4,7,10H2,1-2H3,(H,27,32)/t17-,18+,19-,24-/m0/s1. The van der Waals surface area contributed by atoms with E-state index in [4.69, 9.17) is 23.2 Å². The van der Waals surface area contributed by atoms with Crippen LogP contribution in [-0.2, 0) is 19.9 Å². The SMILES string of the molecule is Cc1c(Cl)cccc1N1C(=O)[C@H]2[C@@H](C1=O)[C@@]1(C(=O)Nc3c1ccc(Cl)c3C)N1CCC[C@@H]21. The van der Waals surface area contributed by atoms with Crippen molar-refractivity contribution < 1.29 is 14.4 Å². The number of hydrogen-bond acceptors (Lipinski definition) is 4. The molecule has 2 aromatic rings. The number of hydrogen-bond donors (Lipinski definition) is 1. The number of nitrogens with one attached hydrogen (secondary N) is 1. The van der Waals surface area contributed by atoms with Crippen molar-refractivity contribution >= 4 is 52.3 Å². The Kier molecular flexibility index (Phi) is 4.15. The molecular formula is C24H21Cl2N3O3. The number of benzene rings is 2. The molecule has 0 unspecified atom stereocenters. The largest absolute Gasteiger partial charge is 0.324 e. The van der Waals surface area contributed by atoms with Crippen LogP contribution < -0.4 is 10.2 Å². The number of nitrogens with zero attached hydrogens (tertiary/aromatic N) is 2. The molecule has 3 amide bonds. The molecule has 0 aromatic heterocycles. The predicted molar refractivity (Wildman–Crippen MR) is 122 cm³/mol. The number of halogens is 2. The Balaban J connectivity index is 1.58. The van der Waals surface area contributed by atoms with Gasteiger partial charge in [0.25, 0.3) is 0 Å². The summed E-state index contributed by atoms with van der Waals surface area (Å²) in [5.41, 5.74) is 2.14. The first-order valence-corrected chi connectivity index (χ1v) is 11.6. The Hall–Kier alpha value is -2.41. The Morgan fingerprint density at radius 1 is 1.00 bits per heavy atom. The quantitative estimate of drug-likeness (QED) is 0.639. The molecule has 0 bridgehead atoms. The third kappa shape index (κ3) is 2.18. The van der Waals surface area contributed by atoms with Crippen LogP contribution in [0.25, 0.3) is 0 Å². The van der Waals surface area contributed by atoms with Gasteiger partial charge in [0.15, 0.2) is 0 Å². The van der Waals surface area contributed by atoms with E-state index in [0.29, 0.717) is 33.5 Å². The number of imide groups is 1. The minimum Gasteiger partial charge on any atom is -0.324 e. The fraction of sp³-hybridized carbons (Fsp3) is 0.375. The summed E-state index contributed by atoms with van der Waals surface area (Å²) in [7, 11) is 0. The van der Waals surface area contributed by atoms with Gasteiger partial charge in [-0.1, -0.05) is 35.3 Å². The molecule has 1 N–H and O–H groups in total. The first-order chi connectivity index (χ1) is 15.3. The number of carbonyl (C=O) groups excluding carboxylic acids is 3. The van der Waals surface area contributed by atoms with Gasteiger partial charge in [-0.15, -0.1) is 0 Å². The lowest BCUT2D eigenvalue weighted by Gasteiger charge is -2.36. The Morgan fingerprint density at radius 2 is 1.75 bits per heavy atom. The van der Waals surface area contributed by atoms with Gasteiger partial charge in [0.1, 0.15) is 5.54 Å². The van der Waals surface area contributed by atoms with Crippen LogP contribution in [-0.4, -0.2) is 35.2 Å². The predicted octanol–water partition coefficient (Wildman–Crippen LogP) is 4.04. The zero-order valence-corrected chi connectivity index (χ0v) is 19.1. The van der Waals surface area contributed by atoms with Crippen molar-refractivity contribution in [2.24, 2.45) is 11.8 Å². The third-order valence-electron chi connectivity index (χ3n) is 7.84. The number of amides is 3. The highest BCUT2D eigenvalue weighted by molar-refractivity contribution is 6.33. The summed E-state index contributed by atoms with van der Waals surface area (Å²) in [5.74, 6) is -2.19. The summed E-state index contributed by atoms with van der Waals surface area (Å²) >= 11 is 12.6. The second kappa shape index (κ2) is 6.56. The van der Waals surface area contributed by atoms with E-state index in [-0.39, 0.29) is 23.8 Å². The van der Waals surface area contributed by atoms with Crippen LogP contribution in [0.1, 0.15) is 29.5 Å². The molecule has 4 heterocycles. The van der Waals surface area contributed by atoms with Crippen molar-refractivity contribution in [1.29, 1.82) is 0 Å². The average molecular weight is 470 g/mol. The molecule has 4 aliphatic rings. The topological polar surface area (TPSA) is 69.7 Å². The van der Waals surface area contributed by atoms with E-state index in [2.05, 4.69) is 10.2 Å². The monoisotopic (exact) mass is 469 g/mol. The van der Waals surface area contributed by atoms with E-state index in [9.17, 15) is 14.4 Å². The summed E-state index contributed by atoms with van der Waals surface area (Å²) in [6.07, 6.45) is 1.65. The third-order valence-corrected chi connectivity index (χ3v) is 8.66. The highest BCUT2D eigenvalue weighted by Crippen LogP contribution is 2.61. The van der Waals surface area contributed by atoms with Gasteiger partial charge in [0, 0.05) is 21.7 Å². The highest BCUT2D eigenvalue weighted by atomic mass is 35.5. The molecule has 164 valence electrons. The average Bonchev–Trinajstić information content (AvgIpc) is 3.46. The lowest BCUT2D eigenvalue weighted by Crippen LogP contribution is -2.54. The molecule has 4 atom stereocenters. The molecule has 0 radical (unpaired) electrons. The van der Waals surface area contributed by atoms with Crippen molar-refractivity contribution in [3.05, 3.63) is 57.1 Å². The first-order valence-electron chi connectivity index (χ1n) is 10.8. The number of anilines is 2. The van der Waals surface area contributed by atoms with E-state index < -0.39 is 17.4 Å². The van der Waals surface area contributed by atoms with Gasteiger partial charge in [-0.3, -0.25) is 19.3 Å². The van der Waals surface area contributed by atoms with Gasteiger partial charge in [-0.25, -0.2) is 4.90 Å². The van der Waals surface area contributed by atoms with Crippen LogP contribution in [0.5, 0.6) is 0 Å². The maximum absolute atomic E-state index is 14.0. The Bertz CT molecular complexity index is 1250. The Morgan fingerprint density at radius 3 is 2.53 bits per heavy atom. The summed E-state index contributed by atoms with van der Waals surface area (Å²) in [6.45, 7) is 4.33. The highest BCUT2D eigenvalue weighted by Gasteiger charge is 2.74. The van der Waals surface area contributed by atoms with Crippen LogP contribution in [0.15, 0.2) is 30.3 Å². The van der Waals surface area contributed by atoms with Crippen LogP contribution in [0.2, 0.25) is 10.0 Å². The zero-order valence-electron chi connectivity index (χ0n) is 17.6. The van der Waals surface area contributed by atoms with Gasteiger partial charge < -0.3 is 5.32 Å². The molecule has 6 rings (SSSR count). The smallest absolute Gasteiger partial charge is 0.250 e. The molecule has 32 heavy (non-hydrogen) atoms. The molecule has 8 heteroatoms. The summed E-state index contributed by atoms with van der Waals surface area (Å²) in [6, 6.07) is 8.67. The van der Waals surface area contributed by atoms with Crippen molar-refractivity contribution in [3.63, 3.8) is 0 Å². The van der Waals surface area contributed by atoms with Gasteiger partial charge in [0.2, 0.25) is 17.7 Å². The van der Waals surface area contributed by atoms with Crippen molar-refractivity contribution in [2.45, 2.75) is 38.3 Å². The van der Waals surface area contributed by atoms with Gasteiger partial charge >= 0.3 is 0 Å².